The van der Waals surface area contributed by atoms with Crippen molar-refractivity contribution in [2.75, 3.05) is 24.7 Å². The predicted octanol–water partition coefficient (Wildman–Crippen LogP) is 5.28. The average Bonchev–Trinajstić information content (AvgIpc) is 2.89. The maximum atomic E-state index is 13.8. The van der Waals surface area contributed by atoms with Gasteiger partial charge in [-0.1, -0.05) is 29.3 Å². The van der Waals surface area contributed by atoms with Crippen molar-refractivity contribution in [3.8, 4) is 0 Å². The van der Waals surface area contributed by atoms with Gasteiger partial charge >= 0.3 is 12.1 Å². The zero-order valence-corrected chi connectivity index (χ0v) is 28.1. The Labute approximate surface area is 271 Å². The average molecular weight is 676 g/mol. The molecule has 0 aliphatic heterocycles. The summed E-state index contributed by atoms with van der Waals surface area (Å²) in [5.41, 5.74) is 0.490. The summed E-state index contributed by atoms with van der Waals surface area (Å²) >= 11 is 15.3. The van der Waals surface area contributed by atoms with Gasteiger partial charge in [0.1, 0.15) is 17.7 Å². The molecule has 0 aliphatic rings. The number of halogens is 2. The van der Waals surface area contributed by atoms with Crippen LogP contribution in [0.4, 0.5) is 4.79 Å². The highest BCUT2D eigenvalue weighted by Crippen LogP contribution is 2.28. The molecule has 0 spiro atoms. The van der Waals surface area contributed by atoms with Crippen molar-refractivity contribution in [1.82, 2.24) is 10.6 Å². The van der Waals surface area contributed by atoms with Gasteiger partial charge in [0.2, 0.25) is 5.91 Å². The molecule has 13 heteroatoms. The van der Waals surface area contributed by atoms with Crippen LogP contribution in [0.5, 0.6) is 0 Å². The number of ether oxygens (including phenoxy) is 2. The van der Waals surface area contributed by atoms with Crippen LogP contribution in [0.1, 0.15) is 45.7 Å². The van der Waals surface area contributed by atoms with Crippen molar-refractivity contribution in [2.45, 2.75) is 81.0 Å². The van der Waals surface area contributed by atoms with Crippen molar-refractivity contribution in [3.63, 3.8) is 0 Å². The molecule has 2 atom stereocenters. The highest BCUT2D eigenvalue weighted by Gasteiger charge is 2.30. The fourth-order valence-corrected chi connectivity index (χ4v) is 5.93. The molecule has 2 amide bonds. The lowest BCUT2D eigenvalue weighted by Crippen LogP contribution is -2.54. The van der Waals surface area contributed by atoms with Crippen molar-refractivity contribution >= 4 is 64.7 Å². The smallest absolute Gasteiger partial charge is 0.408 e. The molecule has 2 rings (SSSR count). The van der Waals surface area contributed by atoms with Gasteiger partial charge in [-0.3, -0.25) is 4.79 Å². The van der Waals surface area contributed by atoms with E-state index in [1.807, 2.05) is 18.2 Å². The first-order valence-corrected chi connectivity index (χ1v) is 16.5. The summed E-state index contributed by atoms with van der Waals surface area (Å²) in [4.78, 5) is 41.4. The Hall–Kier alpha value is -2.15. The van der Waals surface area contributed by atoms with Crippen molar-refractivity contribution in [2.24, 2.45) is 0 Å². The molecule has 43 heavy (non-hydrogen) atoms. The summed E-state index contributed by atoms with van der Waals surface area (Å²) in [7, 11) is 0. The number of carbonyl (C=O) groups excluding carboxylic acids is 3. The number of rotatable bonds is 15. The largest absolute Gasteiger partial charge is 0.461 e. The number of benzene rings is 2. The molecule has 2 aromatic rings. The summed E-state index contributed by atoms with van der Waals surface area (Å²) < 4.78 is 10.8. The van der Waals surface area contributed by atoms with Gasteiger partial charge in [-0.05, 0) is 76.1 Å². The highest BCUT2D eigenvalue weighted by molar-refractivity contribution is 8.00. The van der Waals surface area contributed by atoms with E-state index in [1.54, 1.807) is 52.8 Å². The molecule has 0 bridgehead atoms. The zero-order chi connectivity index (χ0) is 32.2. The number of esters is 1. The summed E-state index contributed by atoms with van der Waals surface area (Å²) in [5, 5.41) is 24.8. The zero-order valence-electron chi connectivity index (χ0n) is 24.9. The molecule has 238 valence electrons. The summed E-state index contributed by atoms with van der Waals surface area (Å²) in [5.74, 6) is -0.337. The van der Waals surface area contributed by atoms with Crippen molar-refractivity contribution in [3.05, 3.63) is 57.6 Å². The normalized spacial score (nSPS) is 12.9. The third kappa shape index (κ3) is 14.0. The van der Waals surface area contributed by atoms with Gasteiger partial charge < -0.3 is 30.3 Å². The second-order valence-corrected chi connectivity index (χ2v) is 14.0. The van der Waals surface area contributed by atoms with Gasteiger partial charge in [0, 0.05) is 44.2 Å². The number of hydrogen-bond acceptors (Lipinski definition) is 9. The first-order valence-electron chi connectivity index (χ1n) is 13.8. The number of carbonyl (C=O) groups is 3. The number of amides is 2. The van der Waals surface area contributed by atoms with E-state index in [-0.39, 0.29) is 26.1 Å². The Morgan fingerprint density at radius 2 is 1.49 bits per heavy atom. The topological polar surface area (TPSA) is 134 Å². The summed E-state index contributed by atoms with van der Waals surface area (Å²) in [6.07, 6.45) is -1.13. The third-order valence-corrected chi connectivity index (χ3v) is 8.00. The second kappa shape index (κ2) is 18.0. The number of hydrogen-bond donors (Lipinski definition) is 4. The van der Waals surface area contributed by atoms with Crippen LogP contribution in [0, 0.1) is 0 Å². The van der Waals surface area contributed by atoms with Crippen LogP contribution < -0.4 is 10.6 Å². The number of alkyl carbamates (subject to hydrolysis) is 1. The van der Waals surface area contributed by atoms with Crippen LogP contribution in [-0.4, -0.2) is 76.7 Å². The van der Waals surface area contributed by atoms with Crippen LogP contribution in [0.3, 0.4) is 0 Å². The Morgan fingerprint density at radius 1 is 0.884 bits per heavy atom. The first-order chi connectivity index (χ1) is 20.2. The van der Waals surface area contributed by atoms with E-state index in [0.717, 1.165) is 15.4 Å². The molecule has 4 N–H and O–H groups in total. The molecule has 0 saturated carbocycles. The minimum Gasteiger partial charge on any atom is -0.461 e. The van der Waals surface area contributed by atoms with E-state index < -0.39 is 41.8 Å². The van der Waals surface area contributed by atoms with Gasteiger partial charge in [0.25, 0.3) is 0 Å². The van der Waals surface area contributed by atoms with E-state index in [0.29, 0.717) is 27.1 Å². The fourth-order valence-electron chi connectivity index (χ4n) is 3.82. The molecule has 0 saturated heterocycles. The Balaban J connectivity index is 2.42. The first kappa shape index (κ1) is 37.0. The predicted molar refractivity (Wildman–Crippen MR) is 172 cm³/mol. The molecule has 9 nitrogen and oxygen atoms in total. The number of aliphatic hydroxyl groups is 2. The van der Waals surface area contributed by atoms with E-state index in [9.17, 15) is 24.6 Å². The van der Waals surface area contributed by atoms with Gasteiger partial charge in [0.05, 0.1) is 19.3 Å². The molecule has 0 fully saturated rings. The molecule has 0 aromatic heterocycles. The number of aliphatic hydroxyl groups excluding tert-OH is 2. The SMILES string of the molecule is CC(C)OC(=O)[C@H](Cc1ccc(Cl)cc1Cl)NC(=O)[C@H](Cc1cc(SCCO)cc(SCCO)c1)NC(=O)OC(C)(C)C. The Morgan fingerprint density at radius 3 is 2.00 bits per heavy atom. The molecule has 0 unspecified atom stereocenters. The molecule has 0 heterocycles. The lowest BCUT2D eigenvalue weighted by Gasteiger charge is -2.26. The third-order valence-electron chi connectivity index (χ3n) is 5.50. The molecule has 2 aromatic carbocycles. The fraction of sp³-hybridized carbons (Fsp3) is 0.500. The standard InChI is InChI=1S/C30H40Cl2N2O7S2/c1-18(2)40-28(38)26(15-20-6-7-21(31)16-24(20)32)33-27(37)25(34-29(39)41-30(3,4)5)14-19-12-22(42-10-8-35)17-23(13-19)43-11-9-36/h6-7,12-13,16-18,25-26,35-36H,8-11,14-15H2,1-5H3,(H,33,37)(H,34,39)/t25-,26-/m0/s1. The number of nitrogens with one attached hydrogen (secondary N) is 2. The Kier molecular flexibility index (Phi) is 15.5. The van der Waals surface area contributed by atoms with Crippen molar-refractivity contribution in [1.29, 1.82) is 0 Å². The minimum absolute atomic E-state index is 0.00918. The maximum Gasteiger partial charge on any atom is 0.408 e. The lowest BCUT2D eigenvalue weighted by atomic mass is 10.0. The molecule has 0 radical (unpaired) electrons. The Bertz CT molecular complexity index is 1220. The van der Waals surface area contributed by atoms with Crippen LogP contribution >= 0.6 is 46.7 Å². The minimum atomic E-state index is -1.13. The van der Waals surface area contributed by atoms with E-state index >= 15 is 0 Å². The van der Waals surface area contributed by atoms with Gasteiger partial charge in [0.15, 0.2) is 0 Å². The van der Waals surface area contributed by atoms with E-state index in [1.165, 1.54) is 23.5 Å². The van der Waals surface area contributed by atoms with Crippen LogP contribution in [0.15, 0.2) is 46.2 Å². The van der Waals surface area contributed by atoms with Gasteiger partial charge in [-0.2, -0.15) is 0 Å². The van der Waals surface area contributed by atoms with Crippen molar-refractivity contribution < 1.29 is 34.1 Å². The maximum absolute atomic E-state index is 13.8. The van der Waals surface area contributed by atoms with Crippen LogP contribution in [-0.2, 0) is 31.9 Å². The summed E-state index contributed by atoms with van der Waals surface area (Å²) in [6, 6.07) is 8.30. The quantitative estimate of drug-likeness (QED) is 0.147. The van der Waals surface area contributed by atoms with E-state index in [2.05, 4.69) is 10.6 Å². The monoisotopic (exact) mass is 674 g/mol. The molecule has 0 aliphatic carbocycles. The van der Waals surface area contributed by atoms with E-state index in [4.69, 9.17) is 32.7 Å². The highest BCUT2D eigenvalue weighted by atomic mass is 35.5. The van der Waals surface area contributed by atoms with Gasteiger partial charge in [-0.25, -0.2) is 9.59 Å². The number of thioether (sulfide) groups is 2. The second-order valence-electron chi connectivity index (χ2n) is 10.8. The van der Waals surface area contributed by atoms with Gasteiger partial charge in [-0.15, -0.1) is 23.5 Å². The molecular weight excluding hydrogens is 635 g/mol. The van der Waals surface area contributed by atoms with Crippen LogP contribution in [0.2, 0.25) is 10.0 Å². The summed E-state index contributed by atoms with van der Waals surface area (Å²) in [6.45, 7) is 8.52. The molecular formula is C30H40Cl2N2O7S2. The lowest BCUT2D eigenvalue weighted by molar-refractivity contribution is -0.151. The van der Waals surface area contributed by atoms with Crippen LogP contribution in [0.25, 0.3) is 0 Å².